The van der Waals surface area contributed by atoms with Crippen molar-refractivity contribution < 1.29 is 9.53 Å². The highest BCUT2D eigenvalue weighted by Crippen LogP contribution is 2.16. The summed E-state index contributed by atoms with van der Waals surface area (Å²) in [6, 6.07) is 7.77. The van der Waals surface area contributed by atoms with Gasteiger partial charge in [-0.15, -0.1) is 0 Å². The number of ether oxygens (including phenoxy) is 1. The van der Waals surface area contributed by atoms with Crippen molar-refractivity contribution >= 4 is 6.03 Å². The molecule has 0 fully saturated rings. The fraction of sp³-hybridized carbons (Fsp3) is 0.500. The van der Waals surface area contributed by atoms with Crippen LogP contribution in [0.5, 0.6) is 5.75 Å². The van der Waals surface area contributed by atoms with Crippen LogP contribution in [0.3, 0.4) is 0 Å². The molecule has 0 aliphatic carbocycles. The van der Waals surface area contributed by atoms with Gasteiger partial charge >= 0.3 is 6.03 Å². The molecule has 18 heavy (non-hydrogen) atoms. The normalized spacial score (nSPS) is 10.2. The molecular formula is C14H22N2O2. The van der Waals surface area contributed by atoms with E-state index in [9.17, 15) is 4.79 Å². The van der Waals surface area contributed by atoms with Crippen LogP contribution in [0.1, 0.15) is 32.3 Å². The molecule has 0 atom stereocenters. The third kappa shape index (κ3) is 4.28. The molecule has 2 amide bonds. The number of urea groups is 1. The Bertz CT molecular complexity index is 376. The summed E-state index contributed by atoms with van der Waals surface area (Å²) in [6.07, 6.45) is 1.89. The van der Waals surface area contributed by atoms with Crippen LogP contribution in [-0.2, 0) is 6.54 Å². The summed E-state index contributed by atoms with van der Waals surface area (Å²) >= 11 is 0. The lowest BCUT2D eigenvalue weighted by molar-refractivity contribution is 0.235. The summed E-state index contributed by atoms with van der Waals surface area (Å²) in [5, 5.41) is 5.78. The molecule has 0 aromatic heterocycles. The molecule has 100 valence electrons. The predicted octanol–water partition coefficient (Wildman–Crippen LogP) is 2.68. The van der Waals surface area contributed by atoms with E-state index in [0.29, 0.717) is 6.54 Å². The number of amides is 2. The van der Waals surface area contributed by atoms with Crippen molar-refractivity contribution in [3.63, 3.8) is 0 Å². The Balaban J connectivity index is 2.47. The molecule has 1 rings (SSSR count). The minimum atomic E-state index is -0.130. The van der Waals surface area contributed by atoms with Crippen molar-refractivity contribution in [3.8, 4) is 5.75 Å². The van der Waals surface area contributed by atoms with Crippen LogP contribution in [0.15, 0.2) is 24.3 Å². The van der Waals surface area contributed by atoms with Crippen LogP contribution < -0.4 is 15.4 Å². The summed E-state index contributed by atoms with van der Waals surface area (Å²) in [5.74, 6) is 0.792. The van der Waals surface area contributed by atoms with Crippen molar-refractivity contribution in [2.24, 2.45) is 0 Å². The number of carbonyl (C=O) groups is 1. The van der Waals surface area contributed by atoms with E-state index in [1.807, 2.05) is 24.3 Å². The molecule has 0 radical (unpaired) electrons. The van der Waals surface area contributed by atoms with E-state index in [4.69, 9.17) is 4.74 Å². The molecule has 0 heterocycles. The molecule has 1 aromatic rings. The molecule has 0 aliphatic rings. The first-order chi connectivity index (χ1) is 8.71. The fourth-order valence-corrected chi connectivity index (χ4v) is 1.75. The first kappa shape index (κ1) is 14.4. The number of methoxy groups -OCH3 is 1. The van der Waals surface area contributed by atoms with Gasteiger partial charge in [0.1, 0.15) is 5.75 Å². The number of benzene rings is 1. The van der Waals surface area contributed by atoms with Gasteiger partial charge in [-0.1, -0.05) is 32.0 Å². The summed E-state index contributed by atoms with van der Waals surface area (Å²) < 4.78 is 5.23. The van der Waals surface area contributed by atoms with Gasteiger partial charge in [0.25, 0.3) is 0 Å². The summed E-state index contributed by atoms with van der Waals surface area (Å²) in [5.41, 5.74) is 0.972. The molecule has 0 saturated carbocycles. The first-order valence-electron chi connectivity index (χ1n) is 6.37. The SMILES string of the molecule is CCC(CC)NC(=O)NCc1ccccc1OC. The Kier molecular flexibility index (Phi) is 6.05. The number of carbonyl (C=O) groups excluding carboxylic acids is 1. The van der Waals surface area contributed by atoms with Crippen LogP contribution in [0.2, 0.25) is 0 Å². The zero-order valence-corrected chi connectivity index (χ0v) is 11.3. The lowest BCUT2D eigenvalue weighted by atomic mass is 10.2. The molecule has 0 bridgehead atoms. The zero-order valence-electron chi connectivity index (χ0n) is 11.3. The Labute approximate surface area is 109 Å². The van der Waals surface area contributed by atoms with Crippen molar-refractivity contribution in [2.75, 3.05) is 7.11 Å². The standard InChI is InChI=1S/C14H22N2O2/c1-4-12(5-2)16-14(17)15-10-11-8-6-7-9-13(11)18-3/h6-9,12H,4-5,10H2,1-3H3,(H2,15,16,17). The molecule has 4 nitrogen and oxygen atoms in total. The topological polar surface area (TPSA) is 50.4 Å². The van der Waals surface area contributed by atoms with E-state index in [1.54, 1.807) is 7.11 Å². The molecule has 0 unspecified atom stereocenters. The van der Waals surface area contributed by atoms with Gasteiger partial charge in [-0.25, -0.2) is 4.79 Å². The second kappa shape index (κ2) is 7.58. The van der Waals surface area contributed by atoms with Gasteiger partial charge in [0.05, 0.1) is 7.11 Å². The van der Waals surface area contributed by atoms with E-state index in [0.717, 1.165) is 24.2 Å². The molecular weight excluding hydrogens is 228 g/mol. The van der Waals surface area contributed by atoms with Crippen molar-refractivity contribution in [2.45, 2.75) is 39.3 Å². The minimum absolute atomic E-state index is 0.130. The highest BCUT2D eigenvalue weighted by atomic mass is 16.5. The van der Waals surface area contributed by atoms with Gasteiger partial charge in [0, 0.05) is 18.2 Å². The Morgan fingerprint density at radius 2 is 1.94 bits per heavy atom. The molecule has 2 N–H and O–H groups in total. The first-order valence-corrected chi connectivity index (χ1v) is 6.37. The second-order valence-corrected chi connectivity index (χ2v) is 4.15. The van der Waals surface area contributed by atoms with Gasteiger partial charge in [-0.3, -0.25) is 0 Å². The molecule has 4 heteroatoms. The minimum Gasteiger partial charge on any atom is -0.496 e. The Morgan fingerprint density at radius 1 is 1.28 bits per heavy atom. The summed E-state index contributed by atoms with van der Waals surface area (Å²) in [7, 11) is 1.63. The lowest BCUT2D eigenvalue weighted by Crippen LogP contribution is -2.41. The number of hydrogen-bond donors (Lipinski definition) is 2. The summed E-state index contributed by atoms with van der Waals surface area (Å²) in [6.45, 7) is 4.60. The maximum Gasteiger partial charge on any atom is 0.315 e. The Morgan fingerprint density at radius 3 is 2.56 bits per heavy atom. The van der Waals surface area contributed by atoms with Crippen molar-refractivity contribution in [1.29, 1.82) is 0 Å². The van der Waals surface area contributed by atoms with E-state index >= 15 is 0 Å². The lowest BCUT2D eigenvalue weighted by Gasteiger charge is -2.16. The van der Waals surface area contributed by atoms with Crippen LogP contribution in [0, 0.1) is 0 Å². The van der Waals surface area contributed by atoms with Gasteiger partial charge < -0.3 is 15.4 Å². The predicted molar refractivity (Wildman–Crippen MR) is 72.7 cm³/mol. The van der Waals surface area contributed by atoms with Gasteiger partial charge in [0.2, 0.25) is 0 Å². The van der Waals surface area contributed by atoms with Crippen LogP contribution in [-0.4, -0.2) is 19.2 Å². The average molecular weight is 250 g/mol. The molecule has 1 aromatic carbocycles. The third-order valence-corrected chi connectivity index (χ3v) is 2.95. The third-order valence-electron chi connectivity index (χ3n) is 2.95. The summed E-state index contributed by atoms with van der Waals surface area (Å²) in [4.78, 5) is 11.7. The van der Waals surface area contributed by atoms with Crippen LogP contribution in [0.4, 0.5) is 4.79 Å². The van der Waals surface area contributed by atoms with Crippen LogP contribution in [0.25, 0.3) is 0 Å². The molecule has 0 spiro atoms. The number of hydrogen-bond acceptors (Lipinski definition) is 2. The van der Waals surface area contributed by atoms with E-state index < -0.39 is 0 Å². The van der Waals surface area contributed by atoms with E-state index in [2.05, 4.69) is 24.5 Å². The van der Waals surface area contributed by atoms with Crippen molar-refractivity contribution in [3.05, 3.63) is 29.8 Å². The number of nitrogens with one attached hydrogen (secondary N) is 2. The van der Waals surface area contributed by atoms with Crippen LogP contribution >= 0.6 is 0 Å². The number of rotatable bonds is 6. The van der Waals surface area contributed by atoms with Gasteiger partial charge in [-0.05, 0) is 18.9 Å². The molecule has 0 saturated heterocycles. The van der Waals surface area contributed by atoms with Gasteiger partial charge in [-0.2, -0.15) is 0 Å². The Hall–Kier alpha value is -1.71. The number of para-hydroxylation sites is 1. The molecule has 0 aliphatic heterocycles. The second-order valence-electron chi connectivity index (χ2n) is 4.15. The maximum absolute atomic E-state index is 11.7. The largest absolute Gasteiger partial charge is 0.496 e. The maximum atomic E-state index is 11.7. The highest BCUT2D eigenvalue weighted by Gasteiger charge is 2.08. The van der Waals surface area contributed by atoms with E-state index in [1.165, 1.54) is 0 Å². The highest BCUT2D eigenvalue weighted by molar-refractivity contribution is 5.74. The zero-order chi connectivity index (χ0) is 13.4. The van der Waals surface area contributed by atoms with Crippen molar-refractivity contribution in [1.82, 2.24) is 10.6 Å². The van der Waals surface area contributed by atoms with Gasteiger partial charge in [0.15, 0.2) is 0 Å². The smallest absolute Gasteiger partial charge is 0.315 e. The fourth-order valence-electron chi connectivity index (χ4n) is 1.75. The quantitative estimate of drug-likeness (QED) is 0.815. The average Bonchev–Trinajstić information content (AvgIpc) is 2.42. The van der Waals surface area contributed by atoms with E-state index in [-0.39, 0.29) is 12.1 Å². The monoisotopic (exact) mass is 250 g/mol.